The first-order chi connectivity index (χ1) is 17.5. The molecule has 2 fully saturated rings. The summed E-state index contributed by atoms with van der Waals surface area (Å²) in [4.78, 5) is 28.8. The minimum absolute atomic E-state index is 0.0328. The minimum atomic E-state index is -3.04. The molecule has 11 heteroatoms. The van der Waals surface area contributed by atoms with Crippen LogP contribution < -0.4 is 16.2 Å². The lowest BCUT2D eigenvalue weighted by Gasteiger charge is -2.40. The fourth-order valence-corrected chi connectivity index (χ4v) is 6.36. The number of nitrogens with one attached hydrogen (secondary N) is 2. The van der Waals surface area contributed by atoms with Crippen molar-refractivity contribution in [2.75, 3.05) is 31.6 Å². The molecule has 2 aliphatic heterocycles. The summed E-state index contributed by atoms with van der Waals surface area (Å²) in [6.07, 6.45) is 3.89. The van der Waals surface area contributed by atoms with Gasteiger partial charge in [-0.1, -0.05) is 12.1 Å². The standard InChI is InChI=1S/C26H38N4O6S/c1-16(2)30-22-7-5-4-6-21(22)24(32)23(26(30)34)25(33)28-17-12-18-8-9-19(13-17)29(18)15-20(31)14-27-10-11-37(3,35)36/h4-7,16-20,27,31-32H,8-15H2,1-3H3,(H,28,33)/t17?,18-,19+,20-/m1/s1. The first-order valence-electron chi connectivity index (χ1n) is 13.0. The lowest BCUT2D eigenvalue weighted by molar-refractivity contribution is 0.0506. The van der Waals surface area contributed by atoms with Crippen LogP contribution in [0.3, 0.4) is 0 Å². The van der Waals surface area contributed by atoms with Gasteiger partial charge in [0.05, 0.1) is 17.4 Å². The smallest absolute Gasteiger partial charge is 0.267 e. The van der Waals surface area contributed by atoms with E-state index in [-0.39, 0.29) is 41.2 Å². The molecule has 3 heterocycles. The molecule has 2 bridgehead atoms. The number of aromatic hydroxyl groups is 1. The number of benzene rings is 1. The maximum Gasteiger partial charge on any atom is 0.267 e. The highest BCUT2D eigenvalue weighted by atomic mass is 32.2. The number of hydrogen-bond acceptors (Lipinski definition) is 8. The van der Waals surface area contributed by atoms with E-state index in [0.717, 1.165) is 12.8 Å². The Hall–Kier alpha value is -2.47. The third-order valence-electron chi connectivity index (χ3n) is 7.50. The third kappa shape index (κ3) is 6.17. The van der Waals surface area contributed by atoms with Gasteiger partial charge in [-0.3, -0.25) is 14.5 Å². The Kier molecular flexibility index (Phi) is 8.27. The van der Waals surface area contributed by atoms with E-state index in [0.29, 0.717) is 43.4 Å². The highest BCUT2D eigenvalue weighted by Crippen LogP contribution is 2.36. The van der Waals surface area contributed by atoms with Crippen molar-refractivity contribution in [3.8, 4) is 5.75 Å². The summed E-state index contributed by atoms with van der Waals surface area (Å²) in [7, 11) is -3.04. The highest BCUT2D eigenvalue weighted by molar-refractivity contribution is 7.90. The number of fused-ring (bicyclic) bond motifs is 3. The van der Waals surface area contributed by atoms with E-state index in [1.807, 2.05) is 13.8 Å². The number of pyridine rings is 1. The van der Waals surface area contributed by atoms with Crippen molar-refractivity contribution in [2.24, 2.45) is 0 Å². The number of nitrogens with zero attached hydrogens (tertiary/aromatic N) is 2. The number of carbonyl (C=O) groups excluding carboxylic acids is 1. The van der Waals surface area contributed by atoms with Crippen molar-refractivity contribution in [1.29, 1.82) is 0 Å². The van der Waals surface area contributed by atoms with E-state index in [2.05, 4.69) is 15.5 Å². The SMILES string of the molecule is CC(C)n1c(=O)c(C(=O)NC2C[C@H]3CC[C@@H](C2)N3C[C@H](O)CNCCS(C)(=O)=O)c(O)c2ccccc21. The van der Waals surface area contributed by atoms with Crippen LogP contribution in [0, 0.1) is 0 Å². The summed E-state index contributed by atoms with van der Waals surface area (Å²) in [6.45, 7) is 4.84. The van der Waals surface area contributed by atoms with Crippen LogP contribution >= 0.6 is 0 Å². The number of amides is 1. The number of aliphatic hydroxyl groups is 1. The molecular formula is C26H38N4O6S. The predicted octanol–water partition coefficient (Wildman–Crippen LogP) is 1.01. The van der Waals surface area contributed by atoms with Gasteiger partial charge < -0.3 is 25.4 Å². The molecular weight excluding hydrogens is 496 g/mol. The average molecular weight is 535 g/mol. The van der Waals surface area contributed by atoms with Gasteiger partial charge in [-0.15, -0.1) is 0 Å². The Morgan fingerprint density at radius 1 is 1.16 bits per heavy atom. The van der Waals surface area contributed by atoms with Crippen LogP contribution in [0.2, 0.25) is 0 Å². The molecule has 0 spiro atoms. The van der Waals surface area contributed by atoms with Crippen LogP contribution in [0.15, 0.2) is 29.1 Å². The molecule has 1 aromatic carbocycles. The van der Waals surface area contributed by atoms with Gasteiger partial charge in [-0.25, -0.2) is 8.42 Å². The highest BCUT2D eigenvalue weighted by Gasteiger charge is 2.42. The number of rotatable bonds is 10. The van der Waals surface area contributed by atoms with Crippen LogP contribution in [-0.4, -0.2) is 89.9 Å². The maximum atomic E-state index is 13.3. The van der Waals surface area contributed by atoms with Gasteiger partial charge in [-0.2, -0.15) is 0 Å². The molecule has 1 unspecified atom stereocenters. The molecule has 37 heavy (non-hydrogen) atoms. The summed E-state index contributed by atoms with van der Waals surface area (Å²) >= 11 is 0. The normalized spacial score (nSPS) is 23.0. The summed E-state index contributed by atoms with van der Waals surface area (Å²) < 4.78 is 24.0. The van der Waals surface area contributed by atoms with Crippen molar-refractivity contribution in [2.45, 2.75) is 69.8 Å². The summed E-state index contributed by atoms with van der Waals surface area (Å²) in [5.74, 6) is -0.817. The van der Waals surface area contributed by atoms with Crippen LogP contribution in [0.1, 0.15) is 55.9 Å². The van der Waals surface area contributed by atoms with Crippen LogP contribution in [0.5, 0.6) is 5.75 Å². The van der Waals surface area contributed by atoms with E-state index >= 15 is 0 Å². The molecule has 2 aromatic rings. The van der Waals surface area contributed by atoms with Crippen molar-refractivity contribution in [3.05, 3.63) is 40.2 Å². The Labute approximate surface area is 217 Å². The van der Waals surface area contributed by atoms with E-state index in [1.54, 1.807) is 28.8 Å². The van der Waals surface area contributed by atoms with Crippen molar-refractivity contribution >= 4 is 26.6 Å². The monoisotopic (exact) mass is 534 g/mol. The molecule has 4 N–H and O–H groups in total. The molecule has 0 aliphatic carbocycles. The van der Waals surface area contributed by atoms with E-state index in [4.69, 9.17) is 0 Å². The molecule has 0 saturated carbocycles. The molecule has 4 rings (SSSR count). The van der Waals surface area contributed by atoms with Crippen LogP contribution in [0.25, 0.3) is 10.9 Å². The molecule has 1 aromatic heterocycles. The van der Waals surface area contributed by atoms with Crippen molar-refractivity contribution in [1.82, 2.24) is 20.1 Å². The predicted molar refractivity (Wildman–Crippen MR) is 143 cm³/mol. The zero-order valence-corrected chi connectivity index (χ0v) is 22.5. The second-order valence-corrected chi connectivity index (χ2v) is 13.0. The van der Waals surface area contributed by atoms with Crippen LogP contribution in [-0.2, 0) is 9.84 Å². The Morgan fingerprint density at radius 3 is 2.43 bits per heavy atom. The van der Waals surface area contributed by atoms with Gasteiger partial charge in [0, 0.05) is 55.4 Å². The number of hydrogen-bond donors (Lipinski definition) is 4. The largest absolute Gasteiger partial charge is 0.506 e. The molecule has 4 atom stereocenters. The minimum Gasteiger partial charge on any atom is -0.506 e. The molecule has 204 valence electrons. The number of sulfone groups is 1. The summed E-state index contributed by atoms with van der Waals surface area (Å²) in [6, 6.07) is 7.12. The Morgan fingerprint density at radius 2 is 1.81 bits per heavy atom. The Bertz CT molecular complexity index is 1290. The molecule has 2 saturated heterocycles. The number of aromatic nitrogens is 1. The average Bonchev–Trinajstić information content (AvgIpc) is 3.03. The summed E-state index contributed by atoms with van der Waals surface area (Å²) in [5, 5.41) is 27.8. The van der Waals surface area contributed by atoms with Gasteiger partial charge in [0.15, 0.2) is 0 Å². The van der Waals surface area contributed by atoms with E-state index in [1.165, 1.54) is 6.26 Å². The topological polar surface area (TPSA) is 141 Å². The fourth-order valence-electron chi connectivity index (χ4n) is 5.85. The van der Waals surface area contributed by atoms with Gasteiger partial charge >= 0.3 is 0 Å². The number of carbonyl (C=O) groups is 1. The fraction of sp³-hybridized carbons (Fsp3) is 0.615. The van der Waals surface area contributed by atoms with E-state index < -0.39 is 27.4 Å². The zero-order chi connectivity index (χ0) is 26.9. The van der Waals surface area contributed by atoms with Gasteiger partial charge in [0.25, 0.3) is 11.5 Å². The second kappa shape index (κ2) is 11.1. The van der Waals surface area contributed by atoms with Gasteiger partial charge in [0.2, 0.25) is 0 Å². The first-order valence-corrected chi connectivity index (χ1v) is 15.0. The molecule has 0 radical (unpaired) electrons. The van der Waals surface area contributed by atoms with Gasteiger partial charge in [-0.05, 0) is 51.7 Å². The maximum absolute atomic E-state index is 13.3. The van der Waals surface area contributed by atoms with Crippen LogP contribution in [0.4, 0.5) is 0 Å². The summed E-state index contributed by atoms with van der Waals surface area (Å²) in [5.41, 5.74) is -0.138. The van der Waals surface area contributed by atoms with E-state index in [9.17, 15) is 28.2 Å². The number of piperidine rings is 1. The zero-order valence-electron chi connectivity index (χ0n) is 21.7. The van der Waals surface area contributed by atoms with Crippen molar-refractivity contribution in [3.63, 3.8) is 0 Å². The molecule has 10 nitrogen and oxygen atoms in total. The molecule has 1 amide bonds. The first kappa shape index (κ1) is 27.6. The third-order valence-corrected chi connectivity index (χ3v) is 8.45. The lowest BCUT2D eigenvalue weighted by atomic mass is 9.96. The molecule has 2 aliphatic rings. The van der Waals surface area contributed by atoms with Gasteiger partial charge in [0.1, 0.15) is 21.2 Å². The number of para-hydroxylation sites is 1. The lowest BCUT2D eigenvalue weighted by Crippen LogP contribution is -2.53. The van der Waals surface area contributed by atoms with Crippen molar-refractivity contribution < 1.29 is 23.4 Å². The Balaban J connectivity index is 1.41. The number of aliphatic hydroxyl groups excluding tert-OH is 1. The quantitative estimate of drug-likeness (QED) is 0.331. The second-order valence-electron chi connectivity index (χ2n) is 10.7.